The van der Waals surface area contributed by atoms with E-state index >= 15 is 0 Å². The number of rotatable bonds is 9. The van der Waals surface area contributed by atoms with Gasteiger partial charge in [0.2, 0.25) is 0 Å². The molecule has 1 rings (SSSR count). The van der Waals surface area contributed by atoms with E-state index in [0.717, 1.165) is 6.54 Å². The second-order valence-corrected chi connectivity index (χ2v) is 4.74. The number of amides is 1. The lowest BCUT2D eigenvalue weighted by Gasteiger charge is -2.22. The van der Waals surface area contributed by atoms with Gasteiger partial charge >= 0.3 is 0 Å². The standard InChI is InChI=1S/C14H22ClN3O3/c1-4-16-12-6-5-11(15)13(17-12)14(19)18(7-9-20-2)8-10-21-3/h5-6H,4,7-10H2,1-3H3,(H,16,17). The van der Waals surface area contributed by atoms with E-state index in [4.69, 9.17) is 21.1 Å². The predicted molar refractivity (Wildman–Crippen MR) is 83.1 cm³/mol. The van der Waals surface area contributed by atoms with Crippen molar-refractivity contribution in [2.24, 2.45) is 0 Å². The summed E-state index contributed by atoms with van der Waals surface area (Å²) in [6, 6.07) is 3.42. The van der Waals surface area contributed by atoms with Crippen LogP contribution in [0.15, 0.2) is 12.1 Å². The fraction of sp³-hybridized carbons (Fsp3) is 0.571. The van der Waals surface area contributed by atoms with E-state index in [1.807, 2.05) is 6.92 Å². The van der Waals surface area contributed by atoms with Crippen molar-refractivity contribution in [3.8, 4) is 0 Å². The Morgan fingerprint density at radius 3 is 2.43 bits per heavy atom. The average molecular weight is 316 g/mol. The van der Waals surface area contributed by atoms with Crippen molar-refractivity contribution in [1.29, 1.82) is 0 Å². The molecule has 0 aliphatic rings. The molecule has 0 saturated carbocycles. The third-order valence-corrected chi connectivity index (χ3v) is 3.13. The summed E-state index contributed by atoms with van der Waals surface area (Å²) in [4.78, 5) is 18.5. The maximum absolute atomic E-state index is 12.6. The first kappa shape index (κ1) is 17.7. The second kappa shape index (κ2) is 9.55. The average Bonchev–Trinajstić information content (AvgIpc) is 2.49. The van der Waals surface area contributed by atoms with Crippen molar-refractivity contribution in [3.63, 3.8) is 0 Å². The lowest BCUT2D eigenvalue weighted by atomic mass is 10.3. The summed E-state index contributed by atoms with van der Waals surface area (Å²) in [5.74, 6) is 0.400. The molecule has 0 aliphatic carbocycles. The molecule has 1 heterocycles. The summed E-state index contributed by atoms with van der Waals surface area (Å²) in [7, 11) is 3.19. The van der Waals surface area contributed by atoms with Gasteiger partial charge in [0, 0.05) is 33.9 Å². The van der Waals surface area contributed by atoms with Crippen LogP contribution in [0.1, 0.15) is 17.4 Å². The molecule has 6 nitrogen and oxygen atoms in total. The van der Waals surface area contributed by atoms with Gasteiger partial charge < -0.3 is 19.7 Å². The van der Waals surface area contributed by atoms with Crippen molar-refractivity contribution < 1.29 is 14.3 Å². The van der Waals surface area contributed by atoms with Gasteiger partial charge in [0.05, 0.1) is 18.2 Å². The Morgan fingerprint density at radius 1 is 1.29 bits per heavy atom. The van der Waals surface area contributed by atoms with Crippen molar-refractivity contribution in [3.05, 3.63) is 22.8 Å². The van der Waals surface area contributed by atoms with Gasteiger partial charge in [-0.05, 0) is 19.1 Å². The highest BCUT2D eigenvalue weighted by atomic mass is 35.5. The maximum atomic E-state index is 12.6. The molecule has 7 heteroatoms. The van der Waals surface area contributed by atoms with Crippen molar-refractivity contribution in [2.45, 2.75) is 6.92 Å². The first-order valence-electron chi connectivity index (χ1n) is 6.81. The molecule has 0 bridgehead atoms. The molecular weight excluding hydrogens is 294 g/mol. The van der Waals surface area contributed by atoms with Gasteiger partial charge in [-0.15, -0.1) is 0 Å². The van der Waals surface area contributed by atoms with Gasteiger partial charge in [-0.3, -0.25) is 4.79 Å². The summed E-state index contributed by atoms with van der Waals surface area (Å²) >= 11 is 6.10. The van der Waals surface area contributed by atoms with Crippen LogP contribution in [-0.2, 0) is 9.47 Å². The first-order chi connectivity index (χ1) is 10.1. The molecule has 0 atom stereocenters. The fourth-order valence-electron chi connectivity index (χ4n) is 1.74. The Balaban J connectivity index is 2.92. The van der Waals surface area contributed by atoms with Gasteiger partial charge in [-0.1, -0.05) is 11.6 Å². The summed E-state index contributed by atoms with van der Waals surface area (Å²) in [6.45, 7) is 4.49. The number of halogens is 1. The van der Waals surface area contributed by atoms with E-state index in [1.165, 1.54) is 0 Å². The Bertz CT molecular complexity index is 449. The minimum Gasteiger partial charge on any atom is -0.383 e. The normalized spacial score (nSPS) is 10.5. The van der Waals surface area contributed by atoms with Crippen molar-refractivity contribution >= 4 is 23.3 Å². The molecule has 0 aromatic carbocycles. The molecule has 1 amide bonds. The molecule has 0 aliphatic heterocycles. The monoisotopic (exact) mass is 315 g/mol. The zero-order valence-electron chi connectivity index (χ0n) is 12.7. The molecule has 0 radical (unpaired) electrons. The van der Waals surface area contributed by atoms with Gasteiger partial charge in [0.25, 0.3) is 5.91 Å². The number of hydrogen-bond acceptors (Lipinski definition) is 5. The summed E-state index contributed by atoms with van der Waals surface area (Å²) in [5.41, 5.74) is 0.238. The Morgan fingerprint density at radius 2 is 1.90 bits per heavy atom. The van der Waals surface area contributed by atoms with Gasteiger partial charge in [-0.2, -0.15) is 0 Å². The molecule has 1 aromatic rings. The summed E-state index contributed by atoms with van der Waals surface area (Å²) < 4.78 is 10.1. The van der Waals surface area contributed by atoms with Crippen LogP contribution in [0, 0.1) is 0 Å². The lowest BCUT2D eigenvalue weighted by Crippen LogP contribution is -2.37. The summed E-state index contributed by atoms with van der Waals surface area (Å²) in [6.07, 6.45) is 0. The zero-order chi connectivity index (χ0) is 15.7. The molecular formula is C14H22ClN3O3. The number of nitrogens with one attached hydrogen (secondary N) is 1. The first-order valence-corrected chi connectivity index (χ1v) is 7.19. The molecule has 0 unspecified atom stereocenters. The zero-order valence-corrected chi connectivity index (χ0v) is 13.4. The third-order valence-electron chi connectivity index (χ3n) is 2.82. The Hall–Kier alpha value is -1.37. The Kier molecular flexibility index (Phi) is 8.04. The van der Waals surface area contributed by atoms with E-state index < -0.39 is 0 Å². The highest BCUT2D eigenvalue weighted by Crippen LogP contribution is 2.18. The van der Waals surface area contributed by atoms with Gasteiger partial charge in [0.1, 0.15) is 11.5 Å². The third kappa shape index (κ3) is 5.49. The molecule has 1 aromatic heterocycles. The smallest absolute Gasteiger partial charge is 0.274 e. The van der Waals surface area contributed by atoms with Crippen LogP contribution in [0.25, 0.3) is 0 Å². The number of aromatic nitrogens is 1. The SMILES string of the molecule is CCNc1ccc(Cl)c(C(=O)N(CCOC)CCOC)n1. The minimum atomic E-state index is -0.228. The summed E-state index contributed by atoms with van der Waals surface area (Å²) in [5, 5.41) is 3.40. The van der Waals surface area contributed by atoms with Crippen LogP contribution in [0.3, 0.4) is 0 Å². The molecule has 0 spiro atoms. The highest BCUT2D eigenvalue weighted by Gasteiger charge is 2.20. The van der Waals surface area contributed by atoms with Crippen LogP contribution in [-0.4, -0.2) is 62.9 Å². The molecule has 0 fully saturated rings. The number of methoxy groups -OCH3 is 2. The van der Waals surface area contributed by atoms with Crippen LogP contribution in [0.2, 0.25) is 5.02 Å². The molecule has 0 saturated heterocycles. The fourth-order valence-corrected chi connectivity index (χ4v) is 1.93. The van der Waals surface area contributed by atoms with Crippen LogP contribution >= 0.6 is 11.6 Å². The van der Waals surface area contributed by atoms with Gasteiger partial charge in [-0.25, -0.2) is 4.98 Å². The van der Waals surface area contributed by atoms with Crippen LogP contribution in [0.5, 0.6) is 0 Å². The quantitative estimate of drug-likeness (QED) is 0.754. The number of pyridine rings is 1. The molecule has 21 heavy (non-hydrogen) atoms. The van der Waals surface area contributed by atoms with Crippen molar-refractivity contribution in [2.75, 3.05) is 52.4 Å². The van der Waals surface area contributed by atoms with E-state index in [0.29, 0.717) is 37.1 Å². The van der Waals surface area contributed by atoms with Crippen molar-refractivity contribution in [1.82, 2.24) is 9.88 Å². The van der Waals surface area contributed by atoms with E-state index in [1.54, 1.807) is 31.3 Å². The maximum Gasteiger partial charge on any atom is 0.274 e. The number of hydrogen-bond donors (Lipinski definition) is 1. The number of carbonyl (C=O) groups is 1. The van der Waals surface area contributed by atoms with Crippen LogP contribution < -0.4 is 5.32 Å². The Labute approximate surface area is 130 Å². The van der Waals surface area contributed by atoms with E-state index in [-0.39, 0.29) is 11.6 Å². The number of anilines is 1. The molecule has 1 N–H and O–H groups in total. The molecule has 118 valence electrons. The van der Waals surface area contributed by atoms with Crippen LogP contribution in [0.4, 0.5) is 5.82 Å². The van der Waals surface area contributed by atoms with E-state index in [9.17, 15) is 4.79 Å². The lowest BCUT2D eigenvalue weighted by molar-refractivity contribution is 0.0622. The van der Waals surface area contributed by atoms with Gasteiger partial charge in [0.15, 0.2) is 0 Å². The largest absolute Gasteiger partial charge is 0.383 e. The highest BCUT2D eigenvalue weighted by molar-refractivity contribution is 6.33. The predicted octanol–water partition coefficient (Wildman–Crippen LogP) is 1.90. The van der Waals surface area contributed by atoms with E-state index in [2.05, 4.69) is 10.3 Å². The number of carbonyl (C=O) groups excluding carboxylic acids is 1. The second-order valence-electron chi connectivity index (χ2n) is 4.34. The minimum absolute atomic E-state index is 0.228. The number of ether oxygens (including phenoxy) is 2. The topological polar surface area (TPSA) is 63.7 Å². The number of nitrogens with zero attached hydrogens (tertiary/aromatic N) is 2.